The molecule has 0 radical (unpaired) electrons. The number of alkyl carbamates (subject to hydrolysis) is 1. The van der Waals surface area contributed by atoms with Crippen molar-refractivity contribution in [3.8, 4) is 5.75 Å². The van der Waals surface area contributed by atoms with Crippen LogP contribution < -0.4 is 15.4 Å². The molecule has 50 heavy (non-hydrogen) atoms. The second kappa shape index (κ2) is 17.1. The van der Waals surface area contributed by atoms with Crippen LogP contribution >= 0.6 is 11.6 Å². The average molecular weight is 731 g/mol. The number of sulfonamides is 1. The Kier molecular flexibility index (Phi) is 12.8. The zero-order chi connectivity index (χ0) is 35.8. The molecule has 11 nitrogen and oxygen atoms in total. The number of carbonyl (C=O) groups excluding carboxylic acids is 2. The van der Waals surface area contributed by atoms with Gasteiger partial charge in [-0.25, -0.2) is 17.6 Å². The highest BCUT2D eigenvalue weighted by Crippen LogP contribution is 2.37. The van der Waals surface area contributed by atoms with E-state index in [1.807, 2.05) is 19.1 Å². The molecule has 1 aromatic heterocycles. The molecule has 3 heterocycles. The van der Waals surface area contributed by atoms with Crippen LogP contribution in [0.5, 0.6) is 5.75 Å². The smallest absolute Gasteiger partial charge is 0.407 e. The summed E-state index contributed by atoms with van der Waals surface area (Å²) in [5.74, 6) is -0.819. The van der Waals surface area contributed by atoms with E-state index in [1.54, 1.807) is 24.3 Å². The number of hydrogen-bond acceptors (Lipinski definition) is 9. The molecule has 2 fully saturated rings. The van der Waals surface area contributed by atoms with Crippen LogP contribution in [-0.2, 0) is 37.1 Å². The molecular formula is C36H44ClFN4O7S. The van der Waals surface area contributed by atoms with Gasteiger partial charge in [0.2, 0.25) is 10.0 Å². The Hall–Kier alpha value is -3.62. The minimum atomic E-state index is -3.90. The Morgan fingerprint density at radius 3 is 2.44 bits per heavy atom. The van der Waals surface area contributed by atoms with Crippen molar-refractivity contribution >= 4 is 33.5 Å². The molecule has 2 aromatic carbocycles. The van der Waals surface area contributed by atoms with E-state index < -0.39 is 39.9 Å². The fourth-order valence-electron chi connectivity index (χ4n) is 7.13. The lowest BCUT2D eigenvalue weighted by atomic mass is 9.74. The Labute approximate surface area is 297 Å². The summed E-state index contributed by atoms with van der Waals surface area (Å²) in [6, 6.07) is 11.6. The molecule has 0 spiro atoms. The first-order valence-electron chi connectivity index (χ1n) is 16.7. The first-order chi connectivity index (χ1) is 24.0. The zero-order valence-corrected chi connectivity index (χ0v) is 30.0. The lowest BCUT2D eigenvalue weighted by molar-refractivity contribution is -0.121. The van der Waals surface area contributed by atoms with Crippen molar-refractivity contribution in [2.45, 2.75) is 68.0 Å². The summed E-state index contributed by atoms with van der Waals surface area (Å²) in [5, 5.41) is 6.62. The number of rotatable bonds is 13. The number of pyridine rings is 1. The van der Waals surface area contributed by atoms with E-state index in [4.69, 9.17) is 25.8 Å². The van der Waals surface area contributed by atoms with Gasteiger partial charge in [0.25, 0.3) is 0 Å². The highest BCUT2D eigenvalue weighted by atomic mass is 35.5. The van der Waals surface area contributed by atoms with E-state index in [9.17, 15) is 18.0 Å². The van der Waals surface area contributed by atoms with Gasteiger partial charge in [-0.2, -0.15) is 4.31 Å². The largest absolute Gasteiger partial charge is 0.497 e. The van der Waals surface area contributed by atoms with E-state index in [-0.39, 0.29) is 47.5 Å². The molecule has 2 aliphatic heterocycles. The number of methoxy groups -OCH3 is 2. The van der Waals surface area contributed by atoms with Crippen LogP contribution in [0, 0.1) is 11.7 Å². The molecule has 270 valence electrons. The van der Waals surface area contributed by atoms with Gasteiger partial charge < -0.3 is 24.8 Å². The van der Waals surface area contributed by atoms with Gasteiger partial charge in [-0.1, -0.05) is 23.7 Å². The van der Waals surface area contributed by atoms with Crippen molar-refractivity contribution < 1.29 is 36.6 Å². The summed E-state index contributed by atoms with van der Waals surface area (Å²) in [7, 11) is -1.15. The van der Waals surface area contributed by atoms with Gasteiger partial charge >= 0.3 is 6.09 Å². The maximum absolute atomic E-state index is 15.6. The quantitative estimate of drug-likeness (QED) is 0.252. The lowest BCUT2D eigenvalue weighted by Crippen LogP contribution is -2.58. The number of hydrogen-bond donors (Lipinski definition) is 2. The third-order valence-electron chi connectivity index (χ3n) is 9.63. The molecule has 0 saturated carbocycles. The number of benzene rings is 2. The number of nitrogens with one attached hydrogen (secondary N) is 2. The number of halogens is 2. The first kappa shape index (κ1) is 37.6. The minimum absolute atomic E-state index is 0.000520. The summed E-state index contributed by atoms with van der Waals surface area (Å²) >= 11 is 6.20. The van der Waals surface area contributed by atoms with Crippen molar-refractivity contribution in [2.75, 3.05) is 40.5 Å². The summed E-state index contributed by atoms with van der Waals surface area (Å²) in [5.41, 5.74) is 1.47. The summed E-state index contributed by atoms with van der Waals surface area (Å²) in [4.78, 5) is 31.1. The normalized spacial score (nSPS) is 20.1. The Bertz CT molecular complexity index is 1720. The van der Waals surface area contributed by atoms with Gasteiger partial charge in [-0.3, -0.25) is 9.78 Å². The Morgan fingerprint density at radius 1 is 1.08 bits per heavy atom. The predicted molar refractivity (Wildman–Crippen MR) is 186 cm³/mol. The van der Waals surface area contributed by atoms with Gasteiger partial charge in [0.1, 0.15) is 11.6 Å². The molecule has 0 aliphatic carbocycles. The molecule has 0 unspecified atom stereocenters. The van der Waals surface area contributed by atoms with Gasteiger partial charge in [0.15, 0.2) is 5.78 Å². The maximum Gasteiger partial charge on any atom is 0.407 e. The number of piperazine rings is 1. The molecule has 5 rings (SSSR count). The van der Waals surface area contributed by atoms with E-state index in [1.165, 1.54) is 36.9 Å². The molecule has 2 N–H and O–H groups in total. The topological polar surface area (TPSA) is 136 Å². The average Bonchev–Trinajstić information content (AvgIpc) is 3.12. The highest BCUT2D eigenvalue weighted by Gasteiger charge is 2.39. The van der Waals surface area contributed by atoms with Gasteiger partial charge in [-0.15, -0.1) is 0 Å². The third kappa shape index (κ3) is 8.81. The number of nitrogens with zero attached hydrogens (tertiary/aromatic N) is 2. The predicted octanol–water partition coefficient (Wildman–Crippen LogP) is 4.91. The second-order valence-corrected chi connectivity index (χ2v) is 15.0. The SMILES string of the molecule is COC(=O)N[C@H](C(=O)Cc1cncc(F)c1CC[C@H]1CNC[C@H](C)N1S(=O)(=O)c1ccc(OC)cc1)[C@@H](c1ccc(Cl)cc1)C1CCOCC1. The Balaban J connectivity index is 1.41. The number of ketones is 1. The highest BCUT2D eigenvalue weighted by molar-refractivity contribution is 7.89. The van der Waals surface area contributed by atoms with Crippen molar-refractivity contribution in [3.05, 3.63) is 88.5 Å². The van der Waals surface area contributed by atoms with E-state index in [0.29, 0.717) is 55.5 Å². The second-order valence-electron chi connectivity index (χ2n) is 12.8. The monoisotopic (exact) mass is 730 g/mol. The van der Waals surface area contributed by atoms with Crippen LogP contribution in [0.15, 0.2) is 65.8 Å². The van der Waals surface area contributed by atoms with Crippen molar-refractivity contribution in [3.63, 3.8) is 0 Å². The Morgan fingerprint density at radius 2 is 1.78 bits per heavy atom. The summed E-state index contributed by atoms with van der Waals surface area (Å²) in [6.45, 7) is 3.71. The number of aromatic nitrogens is 1. The van der Waals surface area contributed by atoms with Crippen molar-refractivity contribution in [2.24, 2.45) is 5.92 Å². The standard InChI is InChI=1S/C36H44ClFN4O7S/c1-23-19-39-21-28(42(23)50(45,46)30-11-9-29(47-2)10-12-30)8-13-31-26(20-40-22-32(31)38)18-33(43)35(41-36(44)48-3)34(25-14-16-49-17-15-25)24-4-6-27(37)7-5-24/h4-7,9-12,20,22-23,25,28,34-35,39H,8,13-19,21H2,1-3H3,(H,41,44)/t23-,28-,34-,35+/m0/s1. The van der Waals surface area contributed by atoms with Crippen LogP contribution in [-0.4, -0.2) is 88.2 Å². The van der Waals surface area contributed by atoms with Crippen molar-refractivity contribution in [1.82, 2.24) is 19.9 Å². The molecule has 2 aliphatic rings. The van der Waals surface area contributed by atoms with Crippen LogP contribution in [0.2, 0.25) is 5.02 Å². The van der Waals surface area contributed by atoms with Crippen LogP contribution in [0.25, 0.3) is 0 Å². The number of amides is 1. The maximum atomic E-state index is 15.6. The molecular weight excluding hydrogens is 687 g/mol. The van der Waals surface area contributed by atoms with Crippen molar-refractivity contribution in [1.29, 1.82) is 0 Å². The van der Waals surface area contributed by atoms with E-state index >= 15 is 4.39 Å². The summed E-state index contributed by atoms with van der Waals surface area (Å²) in [6.07, 6.45) is 3.38. The minimum Gasteiger partial charge on any atom is -0.497 e. The molecule has 2 saturated heterocycles. The third-order valence-corrected chi connectivity index (χ3v) is 12.0. The van der Waals surface area contributed by atoms with Gasteiger partial charge in [0, 0.05) is 61.9 Å². The number of carbonyl (C=O) groups is 2. The molecule has 14 heteroatoms. The van der Waals surface area contributed by atoms with E-state index in [2.05, 4.69) is 15.6 Å². The van der Waals surface area contributed by atoms with Gasteiger partial charge in [-0.05, 0) is 91.6 Å². The number of ether oxygens (including phenoxy) is 3. The molecule has 3 aromatic rings. The number of Topliss-reactive ketones (excluding diaryl/α,β-unsaturated/α-hetero) is 1. The van der Waals surface area contributed by atoms with Gasteiger partial charge in [0.05, 0.1) is 31.4 Å². The van der Waals surface area contributed by atoms with Crippen LogP contribution in [0.3, 0.4) is 0 Å². The molecule has 1 amide bonds. The first-order valence-corrected chi connectivity index (χ1v) is 18.5. The fourth-order valence-corrected chi connectivity index (χ4v) is 9.10. The van der Waals surface area contributed by atoms with Crippen LogP contribution in [0.1, 0.15) is 48.8 Å². The molecule has 4 atom stereocenters. The fraction of sp³-hybridized carbons (Fsp3) is 0.472. The zero-order valence-electron chi connectivity index (χ0n) is 28.4. The van der Waals surface area contributed by atoms with Crippen LogP contribution in [0.4, 0.5) is 9.18 Å². The molecule has 0 bridgehead atoms. The van der Waals surface area contributed by atoms with E-state index in [0.717, 1.165) is 11.8 Å². The lowest BCUT2D eigenvalue weighted by Gasteiger charge is -2.40. The summed E-state index contributed by atoms with van der Waals surface area (Å²) < 4.78 is 60.6.